The Bertz CT molecular complexity index is 544. The van der Waals surface area contributed by atoms with E-state index in [0.717, 1.165) is 28.6 Å². The zero-order chi connectivity index (χ0) is 14.4. The van der Waals surface area contributed by atoms with Crippen molar-refractivity contribution in [3.63, 3.8) is 0 Å². The van der Waals surface area contributed by atoms with E-state index in [1.54, 1.807) is 12.1 Å². The predicted octanol–water partition coefficient (Wildman–Crippen LogP) is 3.93. The van der Waals surface area contributed by atoms with Crippen LogP contribution in [-0.2, 0) is 6.42 Å². The van der Waals surface area contributed by atoms with Crippen LogP contribution in [0.25, 0.3) is 0 Å². The number of benzene rings is 2. The molecule has 0 aliphatic carbocycles. The number of hydrogen-bond donors (Lipinski definition) is 1. The van der Waals surface area contributed by atoms with Crippen LogP contribution in [0, 0.1) is 5.82 Å². The van der Waals surface area contributed by atoms with E-state index in [1.165, 1.54) is 12.1 Å². The number of ether oxygens (including phenoxy) is 1. The zero-order valence-corrected chi connectivity index (χ0v) is 12.6. The lowest BCUT2D eigenvalue weighted by atomic mass is 10.0. The first kappa shape index (κ1) is 15.0. The highest BCUT2D eigenvalue weighted by Crippen LogP contribution is 2.18. The van der Waals surface area contributed by atoms with Gasteiger partial charge < -0.3 is 10.5 Å². The number of hydrogen-bond acceptors (Lipinski definition) is 2. The van der Waals surface area contributed by atoms with E-state index < -0.39 is 0 Å². The number of nitrogens with two attached hydrogens (primary N) is 1. The maximum absolute atomic E-state index is 12.8. The van der Waals surface area contributed by atoms with Gasteiger partial charge in [0.25, 0.3) is 0 Å². The van der Waals surface area contributed by atoms with Gasteiger partial charge in [0.2, 0.25) is 0 Å². The van der Waals surface area contributed by atoms with E-state index in [0.29, 0.717) is 6.61 Å². The number of halogens is 2. The fourth-order valence-electron chi connectivity index (χ4n) is 1.91. The van der Waals surface area contributed by atoms with Crippen molar-refractivity contribution in [2.24, 2.45) is 5.73 Å². The minimum Gasteiger partial charge on any atom is -0.493 e. The molecular formula is C16H17BrFNO. The monoisotopic (exact) mass is 337 g/mol. The van der Waals surface area contributed by atoms with Crippen molar-refractivity contribution >= 4 is 15.9 Å². The average molecular weight is 338 g/mol. The second-order valence-corrected chi connectivity index (χ2v) is 5.60. The van der Waals surface area contributed by atoms with Crippen LogP contribution in [0.5, 0.6) is 5.75 Å². The van der Waals surface area contributed by atoms with Crippen LogP contribution in [-0.4, -0.2) is 12.6 Å². The molecule has 0 heterocycles. The van der Waals surface area contributed by atoms with Gasteiger partial charge in [0.05, 0.1) is 6.61 Å². The maximum Gasteiger partial charge on any atom is 0.123 e. The molecule has 2 N–H and O–H groups in total. The molecule has 0 aliphatic rings. The highest BCUT2D eigenvalue weighted by Gasteiger charge is 2.05. The molecule has 0 aromatic heterocycles. The Morgan fingerprint density at radius 2 is 1.90 bits per heavy atom. The fraction of sp³-hybridized carbons (Fsp3) is 0.250. The van der Waals surface area contributed by atoms with Crippen LogP contribution >= 0.6 is 15.9 Å². The van der Waals surface area contributed by atoms with Crippen molar-refractivity contribution in [1.82, 2.24) is 0 Å². The molecule has 0 saturated heterocycles. The molecule has 1 unspecified atom stereocenters. The van der Waals surface area contributed by atoms with Crippen LogP contribution in [0.2, 0.25) is 0 Å². The Labute approximate surface area is 126 Å². The molecule has 0 spiro atoms. The molecule has 1 atom stereocenters. The molecule has 2 rings (SSSR count). The topological polar surface area (TPSA) is 35.2 Å². The van der Waals surface area contributed by atoms with Crippen LogP contribution < -0.4 is 10.5 Å². The van der Waals surface area contributed by atoms with Gasteiger partial charge in [-0.25, -0.2) is 4.39 Å². The van der Waals surface area contributed by atoms with Gasteiger partial charge in [-0.15, -0.1) is 0 Å². The second-order valence-electron chi connectivity index (χ2n) is 4.69. The third-order valence-electron chi connectivity index (χ3n) is 2.96. The Morgan fingerprint density at radius 3 is 2.60 bits per heavy atom. The van der Waals surface area contributed by atoms with Crippen molar-refractivity contribution in [2.75, 3.05) is 6.61 Å². The molecule has 0 amide bonds. The summed E-state index contributed by atoms with van der Waals surface area (Å²) in [7, 11) is 0. The summed E-state index contributed by atoms with van der Waals surface area (Å²) in [5, 5.41) is 0. The van der Waals surface area contributed by atoms with Crippen molar-refractivity contribution in [2.45, 2.75) is 18.9 Å². The fourth-order valence-corrected chi connectivity index (χ4v) is 2.29. The van der Waals surface area contributed by atoms with Gasteiger partial charge in [-0.3, -0.25) is 0 Å². The van der Waals surface area contributed by atoms with Gasteiger partial charge in [-0.2, -0.15) is 0 Å². The molecule has 0 radical (unpaired) electrons. The largest absolute Gasteiger partial charge is 0.493 e. The third kappa shape index (κ3) is 4.94. The van der Waals surface area contributed by atoms with E-state index in [1.807, 2.05) is 24.3 Å². The molecular weight excluding hydrogens is 321 g/mol. The Balaban J connectivity index is 1.75. The highest BCUT2D eigenvalue weighted by molar-refractivity contribution is 9.10. The van der Waals surface area contributed by atoms with Gasteiger partial charge in [0.1, 0.15) is 11.6 Å². The summed E-state index contributed by atoms with van der Waals surface area (Å²) in [4.78, 5) is 0. The molecule has 4 heteroatoms. The summed E-state index contributed by atoms with van der Waals surface area (Å²) < 4.78 is 19.4. The van der Waals surface area contributed by atoms with Crippen LogP contribution in [0.3, 0.4) is 0 Å². The molecule has 0 fully saturated rings. The highest BCUT2D eigenvalue weighted by atomic mass is 79.9. The summed E-state index contributed by atoms with van der Waals surface area (Å²) in [5.74, 6) is 0.605. The van der Waals surface area contributed by atoms with Crippen molar-refractivity contribution in [3.8, 4) is 5.75 Å². The smallest absolute Gasteiger partial charge is 0.123 e. The molecule has 0 aliphatic heterocycles. The molecule has 2 aromatic carbocycles. The van der Waals surface area contributed by atoms with E-state index in [4.69, 9.17) is 10.5 Å². The van der Waals surface area contributed by atoms with E-state index >= 15 is 0 Å². The summed E-state index contributed by atoms with van der Waals surface area (Å²) in [6, 6.07) is 14.2. The average Bonchev–Trinajstić information content (AvgIpc) is 2.41. The molecule has 2 nitrogen and oxygen atoms in total. The molecule has 0 bridgehead atoms. The summed E-state index contributed by atoms with van der Waals surface area (Å²) in [5.41, 5.74) is 7.10. The lowest BCUT2D eigenvalue weighted by Gasteiger charge is -2.12. The van der Waals surface area contributed by atoms with Crippen LogP contribution in [0.1, 0.15) is 12.0 Å². The van der Waals surface area contributed by atoms with Gasteiger partial charge in [-0.05, 0) is 48.7 Å². The van der Waals surface area contributed by atoms with Crippen molar-refractivity contribution < 1.29 is 9.13 Å². The van der Waals surface area contributed by atoms with Gasteiger partial charge >= 0.3 is 0 Å². The minimum atomic E-state index is -0.222. The van der Waals surface area contributed by atoms with E-state index in [2.05, 4.69) is 15.9 Å². The van der Waals surface area contributed by atoms with Gasteiger partial charge in [0, 0.05) is 10.5 Å². The Kier molecular flexibility index (Phi) is 5.56. The quantitative estimate of drug-likeness (QED) is 0.866. The maximum atomic E-state index is 12.8. The van der Waals surface area contributed by atoms with Crippen LogP contribution in [0.4, 0.5) is 4.39 Å². The zero-order valence-electron chi connectivity index (χ0n) is 11.1. The second kappa shape index (κ2) is 7.41. The summed E-state index contributed by atoms with van der Waals surface area (Å²) in [6.45, 7) is 0.568. The van der Waals surface area contributed by atoms with E-state index in [9.17, 15) is 4.39 Å². The number of rotatable bonds is 6. The molecule has 2 aromatic rings. The summed E-state index contributed by atoms with van der Waals surface area (Å²) >= 11 is 3.40. The third-order valence-corrected chi connectivity index (χ3v) is 3.46. The Morgan fingerprint density at radius 1 is 1.15 bits per heavy atom. The van der Waals surface area contributed by atoms with Gasteiger partial charge in [0.15, 0.2) is 0 Å². The Hall–Kier alpha value is -1.39. The normalized spacial score (nSPS) is 12.2. The lowest BCUT2D eigenvalue weighted by molar-refractivity contribution is 0.297. The predicted molar refractivity (Wildman–Crippen MR) is 82.3 cm³/mol. The first-order valence-corrected chi connectivity index (χ1v) is 7.31. The summed E-state index contributed by atoms with van der Waals surface area (Å²) in [6.07, 6.45) is 1.48. The van der Waals surface area contributed by atoms with Crippen molar-refractivity contribution in [3.05, 3.63) is 64.4 Å². The molecule has 0 saturated carbocycles. The molecule has 106 valence electrons. The van der Waals surface area contributed by atoms with Gasteiger partial charge in [-0.1, -0.05) is 34.1 Å². The standard InChI is InChI=1S/C16H17BrFNO/c17-13-2-1-3-16(11-13)20-9-8-15(19)10-12-4-6-14(18)7-5-12/h1-7,11,15H,8-10,19H2. The molecule has 20 heavy (non-hydrogen) atoms. The van der Waals surface area contributed by atoms with Crippen molar-refractivity contribution in [1.29, 1.82) is 0 Å². The van der Waals surface area contributed by atoms with Crippen LogP contribution in [0.15, 0.2) is 53.0 Å². The lowest BCUT2D eigenvalue weighted by Crippen LogP contribution is -2.25. The minimum absolute atomic E-state index is 0.00705. The first-order valence-electron chi connectivity index (χ1n) is 6.52. The SMILES string of the molecule is NC(CCOc1cccc(Br)c1)Cc1ccc(F)cc1. The first-order chi connectivity index (χ1) is 9.63. The van der Waals surface area contributed by atoms with E-state index in [-0.39, 0.29) is 11.9 Å².